The smallest absolute Gasteiger partial charge is 0.350 e. The van der Waals surface area contributed by atoms with Crippen molar-refractivity contribution in [3.63, 3.8) is 0 Å². The number of fused-ring (bicyclic) bond motifs is 1. The average Bonchev–Trinajstić information content (AvgIpc) is 2.83. The lowest BCUT2D eigenvalue weighted by Gasteiger charge is -2.08. The largest absolute Gasteiger partial charge is 0.416 e. The van der Waals surface area contributed by atoms with Gasteiger partial charge in [-0.2, -0.15) is 13.2 Å². The van der Waals surface area contributed by atoms with Crippen LogP contribution < -0.4 is 0 Å². The van der Waals surface area contributed by atoms with Gasteiger partial charge in [-0.1, -0.05) is 24.3 Å². The number of rotatable bonds is 2. The van der Waals surface area contributed by atoms with Crippen LogP contribution in [-0.4, -0.2) is 10.4 Å². The monoisotopic (exact) mass is 317 g/mol. The predicted molar refractivity (Wildman–Crippen MR) is 83.4 cm³/mol. The Balaban J connectivity index is 2.20. The first-order valence-electron chi connectivity index (χ1n) is 7.05. The highest BCUT2D eigenvalue weighted by Gasteiger charge is 2.30. The fourth-order valence-electron chi connectivity index (χ4n) is 2.70. The molecule has 0 fully saturated rings. The van der Waals surface area contributed by atoms with Crippen molar-refractivity contribution in [2.75, 3.05) is 0 Å². The maximum absolute atomic E-state index is 12.9. The van der Waals surface area contributed by atoms with E-state index in [1.165, 1.54) is 13.0 Å². The molecule has 0 saturated carbocycles. The van der Waals surface area contributed by atoms with Crippen LogP contribution in [0.4, 0.5) is 13.2 Å². The number of hydrogen-bond acceptors (Lipinski definition) is 1. The van der Waals surface area contributed by atoms with E-state index in [1.807, 2.05) is 11.6 Å². The minimum Gasteiger partial charge on any atom is -0.350 e. The van der Waals surface area contributed by atoms with Gasteiger partial charge in [-0.05, 0) is 30.7 Å². The van der Waals surface area contributed by atoms with Crippen molar-refractivity contribution in [3.8, 4) is 11.1 Å². The van der Waals surface area contributed by atoms with E-state index in [0.29, 0.717) is 16.7 Å². The Morgan fingerprint density at radius 3 is 2.48 bits per heavy atom. The summed E-state index contributed by atoms with van der Waals surface area (Å²) in [5.41, 5.74) is 1.93. The van der Waals surface area contributed by atoms with E-state index in [4.69, 9.17) is 0 Å². The Bertz CT molecular complexity index is 906. The van der Waals surface area contributed by atoms with Gasteiger partial charge in [-0.15, -0.1) is 0 Å². The van der Waals surface area contributed by atoms with E-state index in [0.717, 1.165) is 23.0 Å². The van der Waals surface area contributed by atoms with Crippen LogP contribution in [0.2, 0.25) is 0 Å². The molecule has 0 amide bonds. The summed E-state index contributed by atoms with van der Waals surface area (Å²) in [7, 11) is 1.81. The maximum atomic E-state index is 12.9. The number of aryl methyl sites for hydroxylation is 1. The third kappa shape index (κ3) is 2.74. The fourth-order valence-corrected chi connectivity index (χ4v) is 2.70. The first kappa shape index (κ1) is 15.3. The summed E-state index contributed by atoms with van der Waals surface area (Å²) >= 11 is 0. The van der Waals surface area contributed by atoms with Gasteiger partial charge < -0.3 is 4.57 Å². The molecule has 23 heavy (non-hydrogen) atoms. The van der Waals surface area contributed by atoms with Crippen LogP contribution >= 0.6 is 0 Å². The van der Waals surface area contributed by atoms with Crippen molar-refractivity contribution >= 4 is 16.7 Å². The number of carbonyl (C=O) groups is 1. The fraction of sp³-hybridized carbons (Fsp3) is 0.167. The second kappa shape index (κ2) is 5.26. The summed E-state index contributed by atoms with van der Waals surface area (Å²) in [4.78, 5) is 11.5. The van der Waals surface area contributed by atoms with E-state index in [9.17, 15) is 18.0 Å². The Labute approximate surface area is 131 Å². The lowest BCUT2D eigenvalue weighted by molar-refractivity contribution is -0.137. The molecule has 0 aliphatic carbocycles. The molecule has 1 aromatic heterocycles. The number of alkyl halides is 3. The van der Waals surface area contributed by atoms with E-state index in [2.05, 4.69) is 0 Å². The van der Waals surface area contributed by atoms with Crippen LogP contribution in [0.3, 0.4) is 0 Å². The summed E-state index contributed by atoms with van der Waals surface area (Å²) in [6.45, 7) is 1.48. The lowest BCUT2D eigenvalue weighted by Crippen LogP contribution is -2.04. The van der Waals surface area contributed by atoms with Crippen molar-refractivity contribution in [1.82, 2.24) is 4.57 Å². The molecule has 0 bridgehead atoms. The van der Waals surface area contributed by atoms with E-state index in [1.54, 1.807) is 30.5 Å². The van der Waals surface area contributed by atoms with Gasteiger partial charge in [0.15, 0.2) is 5.78 Å². The van der Waals surface area contributed by atoms with E-state index >= 15 is 0 Å². The highest BCUT2D eigenvalue weighted by molar-refractivity contribution is 6.02. The second-order valence-electron chi connectivity index (χ2n) is 5.52. The molecule has 1 heterocycles. The molecule has 0 spiro atoms. The van der Waals surface area contributed by atoms with Gasteiger partial charge in [0.05, 0.1) is 5.56 Å². The van der Waals surface area contributed by atoms with Crippen molar-refractivity contribution in [3.05, 3.63) is 59.8 Å². The molecule has 0 unspecified atom stereocenters. The average molecular weight is 317 g/mol. The number of ketones is 1. The summed E-state index contributed by atoms with van der Waals surface area (Å²) in [6.07, 6.45) is -2.59. The molecule has 0 aliphatic heterocycles. The van der Waals surface area contributed by atoms with Crippen LogP contribution in [0.15, 0.2) is 48.7 Å². The number of hydrogen-bond donors (Lipinski definition) is 0. The molecule has 0 N–H and O–H groups in total. The maximum Gasteiger partial charge on any atom is 0.416 e. The van der Waals surface area contributed by atoms with Crippen LogP contribution in [-0.2, 0) is 13.2 Å². The van der Waals surface area contributed by atoms with Crippen LogP contribution in [0.5, 0.6) is 0 Å². The molecule has 2 aromatic carbocycles. The molecule has 0 atom stereocenters. The molecule has 0 aliphatic rings. The number of carbonyl (C=O) groups excluding carboxylic acids is 1. The van der Waals surface area contributed by atoms with Crippen LogP contribution in [0.25, 0.3) is 22.0 Å². The van der Waals surface area contributed by atoms with Gasteiger partial charge in [0.2, 0.25) is 0 Å². The van der Waals surface area contributed by atoms with Crippen LogP contribution in [0, 0.1) is 0 Å². The summed E-state index contributed by atoms with van der Waals surface area (Å²) in [5.74, 6) is -0.0475. The number of Topliss-reactive ketones (excluding diaryl/α,β-unsaturated/α-hetero) is 1. The Hall–Kier alpha value is -2.56. The zero-order valence-electron chi connectivity index (χ0n) is 12.6. The van der Waals surface area contributed by atoms with E-state index in [-0.39, 0.29) is 5.78 Å². The van der Waals surface area contributed by atoms with Crippen molar-refractivity contribution in [2.45, 2.75) is 13.1 Å². The molecule has 3 aromatic rings. The molecule has 3 rings (SSSR count). The van der Waals surface area contributed by atoms with Crippen LogP contribution in [0.1, 0.15) is 22.8 Å². The number of nitrogens with zero attached hydrogens (tertiary/aromatic N) is 1. The minimum atomic E-state index is -4.37. The summed E-state index contributed by atoms with van der Waals surface area (Å²) < 4.78 is 40.5. The molecular weight excluding hydrogens is 303 g/mol. The quantitative estimate of drug-likeness (QED) is 0.605. The van der Waals surface area contributed by atoms with Gasteiger partial charge in [0.25, 0.3) is 0 Å². The normalized spacial score (nSPS) is 11.9. The van der Waals surface area contributed by atoms with E-state index < -0.39 is 11.7 Å². The second-order valence-corrected chi connectivity index (χ2v) is 5.52. The zero-order chi connectivity index (χ0) is 16.8. The standard InChI is InChI=1S/C18H14F3NO/c1-11(23)12-6-7-15-16(10-22(2)17(15)9-12)13-4-3-5-14(8-13)18(19,20)21/h3-10H,1-2H3. The Morgan fingerprint density at radius 2 is 1.83 bits per heavy atom. The predicted octanol–water partition coefficient (Wildman–Crippen LogP) is 5.07. The Kier molecular flexibility index (Phi) is 3.51. The van der Waals surface area contributed by atoms with Gasteiger partial charge in [-0.3, -0.25) is 4.79 Å². The highest BCUT2D eigenvalue weighted by atomic mass is 19.4. The van der Waals surface area contributed by atoms with Gasteiger partial charge in [0.1, 0.15) is 0 Å². The summed E-state index contributed by atoms with van der Waals surface area (Å²) in [5, 5.41) is 0.817. The first-order valence-corrected chi connectivity index (χ1v) is 7.05. The van der Waals surface area contributed by atoms with Crippen molar-refractivity contribution < 1.29 is 18.0 Å². The molecule has 118 valence electrons. The SMILES string of the molecule is CC(=O)c1ccc2c(-c3cccc(C(F)(F)F)c3)cn(C)c2c1. The molecule has 5 heteroatoms. The topological polar surface area (TPSA) is 22.0 Å². The molecule has 0 radical (unpaired) electrons. The van der Waals surface area contributed by atoms with Gasteiger partial charge >= 0.3 is 6.18 Å². The Morgan fingerprint density at radius 1 is 1.09 bits per heavy atom. The molecule has 2 nitrogen and oxygen atoms in total. The third-order valence-corrected chi connectivity index (χ3v) is 3.90. The zero-order valence-corrected chi connectivity index (χ0v) is 12.6. The van der Waals surface area contributed by atoms with Crippen molar-refractivity contribution in [1.29, 1.82) is 0 Å². The molecular formula is C18H14F3NO. The third-order valence-electron chi connectivity index (χ3n) is 3.90. The number of aromatic nitrogens is 1. The lowest BCUT2D eigenvalue weighted by atomic mass is 10.0. The number of halogens is 3. The van der Waals surface area contributed by atoms with Gasteiger partial charge in [-0.25, -0.2) is 0 Å². The first-order chi connectivity index (χ1) is 10.8. The van der Waals surface area contributed by atoms with Crippen molar-refractivity contribution in [2.24, 2.45) is 7.05 Å². The highest BCUT2D eigenvalue weighted by Crippen LogP contribution is 2.35. The number of benzene rings is 2. The minimum absolute atomic E-state index is 0.0475. The summed E-state index contributed by atoms with van der Waals surface area (Å²) in [6, 6.07) is 10.5. The molecule has 0 saturated heterocycles. The van der Waals surface area contributed by atoms with Gasteiger partial charge in [0, 0.05) is 35.3 Å².